The molecule has 0 amide bonds. The molecule has 0 saturated heterocycles. The predicted molar refractivity (Wildman–Crippen MR) is 121 cm³/mol. The normalized spacial score (nSPS) is 11.5. The van der Waals surface area contributed by atoms with E-state index in [2.05, 4.69) is 0 Å². The van der Waals surface area contributed by atoms with Crippen LogP contribution in [0.5, 0.6) is 0 Å². The van der Waals surface area contributed by atoms with Crippen LogP contribution in [0.3, 0.4) is 0 Å². The smallest absolute Gasteiger partial charge is 0.200 e. The van der Waals surface area contributed by atoms with Crippen molar-refractivity contribution in [2.24, 2.45) is 0 Å². The Bertz CT molecular complexity index is 1630. The topological polar surface area (TPSA) is 0 Å². The SMILES string of the molecule is Cc1ccc(C#C[B-](c2c(F)c(F)c(F)c(F)c2F)(c2c(F)c(F)c(F)c(F)c2F)c2c(F)c(F)c(F)c(F)c2F)cc1. The highest BCUT2D eigenvalue weighted by atomic mass is 19.2. The van der Waals surface area contributed by atoms with Gasteiger partial charge in [-0.05, 0) is 19.1 Å². The molecule has 4 rings (SSSR count). The minimum atomic E-state index is -5.91. The zero-order chi connectivity index (χ0) is 32.3. The molecule has 0 N–H and O–H groups in total. The summed E-state index contributed by atoms with van der Waals surface area (Å²) < 4.78 is 221. The molecule has 0 aliphatic rings. The molecule has 0 heterocycles. The van der Waals surface area contributed by atoms with Crippen LogP contribution in [0.1, 0.15) is 11.1 Å². The van der Waals surface area contributed by atoms with Crippen molar-refractivity contribution in [1.82, 2.24) is 0 Å². The fourth-order valence-electron chi connectivity index (χ4n) is 4.48. The highest BCUT2D eigenvalue weighted by Crippen LogP contribution is 2.28. The summed E-state index contributed by atoms with van der Waals surface area (Å²) in [7, 11) is 0. The standard InChI is InChI=1S/C27H7BF15/c1-8-2-4-9(5-3-8)6-7-28(10-13(29)19(35)25(41)20(36)14(10)30,11-15(31)21(37)26(42)22(38)16(11)32)12-17(33)23(39)27(43)24(40)18(12)34/h2-5H,1H3/q-1. The predicted octanol–water partition coefficient (Wildman–Crippen LogP) is 6.14. The van der Waals surface area contributed by atoms with Crippen LogP contribution in [0, 0.1) is 106 Å². The molecule has 0 atom stereocenters. The molecule has 0 aliphatic heterocycles. The van der Waals surface area contributed by atoms with Gasteiger partial charge in [0.2, 0.25) is 0 Å². The van der Waals surface area contributed by atoms with E-state index in [1.165, 1.54) is 24.9 Å². The summed E-state index contributed by atoms with van der Waals surface area (Å²) in [6.45, 7) is 1.49. The fourth-order valence-corrected chi connectivity index (χ4v) is 4.48. The summed E-state index contributed by atoms with van der Waals surface area (Å²) in [5.41, 5.74) is -8.30. The van der Waals surface area contributed by atoms with Gasteiger partial charge < -0.3 is 0 Å². The molecule has 43 heavy (non-hydrogen) atoms. The van der Waals surface area contributed by atoms with Crippen LogP contribution in [0.15, 0.2) is 24.3 Å². The Morgan fingerprint density at radius 1 is 0.372 bits per heavy atom. The van der Waals surface area contributed by atoms with Gasteiger partial charge in [0.1, 0.15) is 34.9 Å². The van der Waals surface area contributed by atoms with E-state index in [1.807, 2.05) is 0 Å². The molecule has 0 fully saturated rings. The molecule has 0 spiro atoms. The van der Waals surface area contributed by atoms with Gasteiger partial charge in [-0.3, -0.25) is 5.82 Å². The monoisotopic (exact) mass is 627 g/mol. The second-order valence-electron chi connectivity index (χ2n) is 8.95. The van der Waals surface area contributed by atoms with E-state index in [1.54, 1.807) is 5.92 Å². The van der Waals surface area contributed by atoms with Crippen molar-refractivity contribution in [2.75, 3.05) is 0 Å². The van der Waals surface area contributed by atoms with Gasteiger partial charge in [0.05, 0.1) is 0 Å². The van der Waals surface area contributed by atoms with Crippen LogP contribution in [-0.2, 0) is 0 Å². The Kier molecular flexibility index (Phi) is 7.99. The van der Waals surface area contributed by atoms with Crippen molar-refractivity contribution in [1.29, 1.82) is 0 Å². The van der Waals surface area contributed by atoms with Gasteiger partial charge in [-0.15, -0.1) is 22.3 Å². The van der Waals surface area contributed by atoms with Gasteiger partial charge in [-0.1, -0.05) is 17.7 Å². The van der Waals surface area contributed by atoms with E-state index in [9.17, 15) is 39.5 Å². The highest BCUT2D eigenvalue weighted by Gasteiger charge is 2.47. The molecule has 0 aliphatic carbocycles. The molecule has 16 heteroatoms. The second-order valence-corrected chi connectivity index (χ2v) is 8.95. The van der Waals surface area contributed by atoms with Crippen LogP contribution in [0.4, 0.5) is 65.9 Å². The Morgan fingerprint density at radius 2 is 0.605 bits per heavy atom. The van der Waals surface area contributed by atoms with Crippen LogP contribution < -0.4 is 16.4 Å². The second kappa shape index (κ2) is 10.9. The van der Waals surface area contributed by atoms with E-state index in [4.69, 9.17) is 0 Å². The van der Waals surface area contributed by atoms with Crippen molar-refractivity contribution >= 4 is 22.5 Å². The largest absolute Gasteiger partial charge is 0.291 e. The quantitative estimate of drug-likeness (QED) is 0.0843. The molecule has 0 saturated carbocycles. The van der Waals surface area contributed by atoms with E-state index >= 15 is 26.3 Å². The molecule has 4 aromatic rings. The van der Waals surface area contributed by atoms with Crippen molar-refractivity contribution in [3.63, 3.8) is 0 Å². The average molecular weight is 627 g/mol. The summed E-state index contributed by atoms with van der Waals surface area (Å²) >= 11 is 0. The van der Waals surface area contributed by atoms with Gasteiger partial charge >= 0.3 is 0 Å². The summed E-state index contributed by atoms with van der Waals surface area (Å²) in [5, 5.41) is 0. The number of halogens is 15. The number of hydrogen-bond donors (Lipinski definition) is 0. The zero-order valence-corrected chi connectivity index (χ0v) is 20.6. The molecule has 0 radical (unpaired) electrons. The summed E-state index contributed by atoms with van der Waals surface area (Å²) in [6.07, 6.45) is -5.91. The van der Waals surface area contributed by atoms with E-state index in [-0.39, 0.29) is 0 Å². The number of aryl methyl sites for hydroxylation is 1. The molecular formula is C27H7BF15-. The molecule has 0 nitrogen and oxygen atoms in total. The Labute approximate surface area is 230 Å². The van der Waals surface area contributed by atoms with Gasteiger partial charge in [0, 0.05) is 5.56 Å². The Hall–Kier alpha value is -4.55. The Morgan fingerprint density at radius 3 is 0.860 bits per heavy atom. The fraction of sp³-hybridized carbons (Fsp3) is 0.0370. The Balaban J connectivity index is 2.48. The maximum Gasteiger partial charge on any atom is 0.200 e. The first-order valence-corrected chi connectivity index (χ1v) is 11.3. The van der Waals surface area contributed by atoms with Crippen molar-refractivity contribution < 1.29 is 65.9 Å². The van der Waals surface area contributed by atoms with Gasteiger partial charge in [0.25, 0.3) is 0 Å². The number of hydrogen-bond acceptors (Lipinski definition) is 0. The van der Waals surface area contributed by atoms with E-state index in [0.717, 1.165) is 12.1 Å². The molecular weight excluding hydrogens is 620 g/mol. The average Bonchev–Trinajstić information content (AvgIpc) is 2.98. The first-order valence-electron chi connectivity index (χ1n) is 11.3. The maximum atomic E-state index is 15.3. The van der Waals surface area contributed by atoms with Crippen LogP contribution in [-0.4, -0.2) is 6.15 Å². The minimum Gasteiger partial charge on any atom is -0.291 e. The lowest BCUT2D eigenvalue weighted by Crippen LogP contribution is -2.72. The van der Waals surface area contributed by atoms with Crippen LogP contribution >= 0.6 is 0 Å². The van der Waals surface area contributed by atoms with Gasteiger partial charge in [0.15, 0.2) is 58.5 Å². The lowest BCUT2D eigenvalue weighted by molar-refractivity contribution is 0.380. The first kappa shape index (κ1) is 31.4. The third-order valence-electron chi connectivity index (χ3n) is 6.51. The van der Waals surface area contributed by atoms with Crippen LogP contribution in [0.25, 0.3) is 0 Å². The molecule has 0 unspecified atom stereocenters. The molecule has 4 aromatic carbocycles. The van der Waals surface area contributed by atoms with E-state index in [0.29, 0.717) is 5.56 Å². The zero-order valence-electron chi connectivity index (χ0n) is 20.6. The number of benzene rings is 4. The first-order chi connectivity index (χ1) is 20.0. The molecule has 0 bridgehead atoms. The van der Waals surface area contributed by atoms with Crippen molar-refractivity contribution in [3.8, 4) is 11.7 Å². The third kappa shape index (κ3) is 4.57. The lowest BCUT2D eigenvalue weighted by Gasteiger charge is -2.39. The minimum absolute atomic E-state index is 0.450. The van der Waals surface area contributed by atoms with E-state index < -0.39 is 115 Å². The number of rotatable bonds is 3. The lowest BCUT2D eigenvalue weighted by atomic mass is 9.15. The highest BCUT2D eigenvalue weighted by molar-refractivity contribution is 7.17. The summed E-state index contributed by atoms with van der Waals surface area (Å²) in [5.74, 6) is -43.0. The third-order valence-corrected chi connectivity index (χ3v) is 6.51. The summed E-state index contributed by atoms with van der Waals surface area (Å²) in [4.78, 5) is 0. The van der Waals surface area contributed by atoms with Gasteiger partial charge in [-0.25, -0.2) is 65.9 Å². The van der Waals surface area contributed by atoms with Crippen molar-refractivity contribution in [3.05, 3.63) is 123 Å². The van der Waals surface area contributed by atoms with Gasteiger partial charge in [-0.2, -0.15) is 0 Å². The van der Waals surface area contributed by atoms with Crippen molar-refractivity contribution in [2.45, 2.75) is 6.92 Å². The molecule has 224 valence electrons. The maximum absolute atomic E-state index is 15.3. The molecule has 0 aromatic heterocycles. The summed E-state index contributed by atoms with van der Waals surface area (Å²) in [6, 6.07) is 4.46. The van der Waals surface area contributed by atoms with Crippen LogP contribution in [0.2, 0.25) is 0 Å².